The van der Waals surface area contributed by atoms with Crippen molar-refractivity contribution in [3.63, 3.8) is 0 Å². The van der Waals surface area contributed by atoms with E-state index in [2.05, 4.69) is 5.32 Å². The van der Waals surface area contributed by atoms with Crippen LogP contribution >= 0.6 is 11.8 Å². The van der Waals surface area contributed by atoms with Gasteiger partial charge in [0, 0.05) is 4.90 Å². The van der Waals surface area contributed by atoms with Gasteiger partial charge >= 0.3 is 0 Å². The summed E-state index contributed by atoms with van der Waals surface area (Å²) in [4.78, 5) is 13.1. The Kier molecular flexibility index (Phi) is 5.08. The van der Waals surface area contributed by atoms with Gasteiger partial charge in [-0.15, -0.1) is 11.8 Å². The van der Waals surface area contributed by atoms with Gasteiger partial charge in [0.1, 0.15) is 13.2 Å². The van der Waals surface area contributed by atoms with Crippen LogP contribution in [0.1, 0.15) is 18.5 Å². The lowest BCUT2D eigenvalue weighted by Crippen LogP contribution is -2.28. The molecule has 0 spiro atoms. The number of hydrogen-bond donors (Lipinski definition) is 1. The standard InChI is InChI=1S/C18H19NO3S/c1-13(14-5-3-2-4-6-14)19-18(20)12-23-15-7-8-16-17(11-15)22-10-9-21-16/h2-8,11,13H,9-10,12H2,1H3,(H,19,20). The van der Waals surface area contributed by atoms with Crippen LogP contribution < -0.4 is 14.8 Å². The molecule has 0 fully saturated rings. The van der Waals surface area contributed by atoms with Crippen molar-refractivity contribution in [2.45, 2.75) is 17.9 Å². The van der Waals surface area contributed by atoms with Crippen LogP contribution in [0.15, 0.2) is 53.4 Å². The van der Waals surface area contributed by atoms with E-state index in [1.165, 1.54) is 11.8 Å². The normalized spacial score (nSPS) is 14.1. The first-order chi connectivity index (χ1) is 11.2. The highest BCUT2D eigenvalue weighted by molar-refractivity contribution is 8.00. The number of thioether (sulfide) groups is 1. The highest BCUT2D eigenvalue weighted by atomic mass is 32.2. The van der Waals surface area contributed by atoms with Crippen LogP contribution in [0.5, 0.6) is 11.5 Å². The molecular formula is C18H19NO3S. The number of carbonyl (C=O) groups is 1. The van der Waals surface area contributed by atoms with Crippen LogP contribution in [0.2, 0.25) is 0 Å². The fraction of sp³-hybridized carbons (Fsp3) is 0.278. The Morgan fingerprint density at radius 2 is 1.87 bits per heavy atom. The van der Waals surface area contributed by atoms with Crippen molar-refractivity contribution >= 4 is 17.7 Å². The molecule has 0 aliphatic carbocycles. The van der Waals surface area contributed by atoms with Crippen molar-refractivity contribution in [2.24, 2.45) is 0 Å². The lowest BCUT2D eigenvalue weighted by molar-refractivity contribution is -0.119. The molecule has 1 heterocycles. The van der Waals surface area contributed by atoms with Gasteiger partial charge in [0.05, 0.1) is 11.8 Å². The number of hydrogen-bond acceptors (Lipinski definition) is 4. The number of benzene rings is 2. The summed E-state index contributed by atoms with van der Waals surface area (Å²) in [5.41, 5.74) is 1.10. The molecule has 2 aromatic rings. The maximum Gasteiger partial charge on any atom is 0.230 e. The number of fused-ring (bicyclic) bond motifs is 1. The smallest absolute Gasteiger partial charge is 0.230 e. The van der Waals surface area contributed by atoms with Gasteiger partial charge in [-0.1, -0.05) is 30.3 Å². The SMILES string of the molecule is CC(NC(=O)CSc1ccc2c(c1)OCCO2)c1ccccc1. The number of rotatable bonds is 5. The second-order valence-corrected chi connectivity index (χ2v) is 6.34. The molecule has 1 unspecified atom stereocenters. The van der Waals surface area contributed by atoms with Gasteiger partial charge < -0.3 is 14.8 Å². The minimum atomic E-state index is 0.00423. The minimum absolute atomic E-state index is 0.00423. The van der Waals surface area contributed by atoms with Crippen molar-refractivity contribution in [3.8, 4) is 11.5 Å². The third-order valence-electron chi connectivity index (χ3n) is 3.56. The zero-order valence-corrected chi connectivity index (χ0v) is 13.8. The first kappa shape index (κ1) is 15.7. The molecule has 120 valence electrons. The highest BCUT2D eigenvalue weighted by Gasteiger charge is 2.13. The molecule has 0 saturated carbocycles. The molecule has 0 aromatic heterocycles. The fourth-order valence-electron chi connectivity index (χ4n) is 2.37. The van der Waals surface area contributed by atoms with E-state index in [0.717, 1.165) is 22.0 Å². The topological polar surface area (TPSA) is 47.6 Å². The maximum atomic E-state index is 12.1. The van der Waals surface area contributed by atoms with Crippen LogP contribution in [0.3, 0.4) is 0 Å². The average molecular weight is 329 g/mol. The van der Waals surface area contributed by atoms with Gasteiger partial charge in [-0.2, -0.15) is 0 Å². The van der Waals surface area contributed by atoms with E-state index in [9.17, 15) is 4.79 Å². The molecule has 1 aliphatic rings. The van der Waals surface area contributed by atoms with Gasteiger partial charge in [0.15, 0.2) is 11.5 Å². The quantitative estimate of drug-likeness (QED) is 0.854. The summed E-state index contributed by atoms with van der Waals surface area (Å²) < 4.78 is 11.0. The summed E-state index contributed by atoms with van der Waals surface area (Å²) in [7, 11) is 0. The van der Waals surface area contributed by atoms with Crippen LogP contribution in [0.4, 0.5) is 0 Å². The molecule has 2 aromatic carbocycles. The molecule has 1 amide bonds. The molecule has 4 nitrogen and oxygen atoms in total. The van der Waals surface area contributed by atoms with Crippen LogP contribution in [-0.2, 0) is 4.79 Å². The number of ether oxygens (including phenoxy) is 2. The average Bonchev–Trinajstić information content (AvgIpc) is 2.60. The van der Waals surface area contributed by atoms with E-state index in [1.54, 1.807) is 0 Å². The zero-order valence-electron chi connectivity index (χ0n) is 13.0. The first-order valence-corrected chi connectivity index (χ1v) is 8.58. The fourth-order valence-corrected chi connectivity index (χ4v) is 3.11. The molecule has 23 heavy (non-hydrogen) atoms. The molecule has 0 bridgehead atoms. The van der Waals surface area contributed by atoms with Crippen molar-refractivity contribution in [2.75, 3.05) is 19.0 Å². The van der Waals surface area contributed by atoms with Crippen LogP contribution in [0.25, 0.3) is 0 Å². The van der Waals surface area contributed by atoms with Gasteiger partial charge in [-0.3, -0.25) is 4.79 Å². The second-order valence-electron chi connectivity index (χ2n) is 5.29. The summed E-state index contributed by atoms with van der Waals surface area (Å²) in [6.07, 6.45) is 0. The Bertz CT molecular complexity index is 675. The molecule has 0 saturated heterocycles. The highest BCUT2D eigenvalue weighted by Crippen LogP contribution is 2.34. The van der Waals surface area contributed by atoms with Crippen LogP contribution in [-0.4, -0.2) is 24.9 Å². The summed E-state index contributed by atoms with van der Waals surface area (Å²) in [6, 6.07) is 15.7. The predicted molar refractivity (Wildman–Crippen MR) is 91.2 cm³/mol. The Labute approximate surface area is 140 Å². The molecule has 1 N–H and O–H groups in total. The molecular weight excluding hydrogens is 310 g/mol. The van der Waals surface area contributed by atoms with Crippen molar-refractivity contribution in [1.82, 2.24) is 5.32 Å². The number of nitrogens with one attached hydrogen (secondary N) is 1. The van der Waals surface area contributed by atoms with E-state index in [0.29, 0.717) is 19.0 Å². The molecule has 5 heteroatoms. The van der Waals surface area contributed by atoms with Crippen molar-refractivity contribution < 1.29 is 14.3 Å². The lowest BCUT2D eigenvalue weighted by Gasteiger charge is -2.18. The van der Waals surface area contributed by atoms with Crippen LogP contribution in [0, 0.1) is 0 Å². The van der Waals surface area contributed by atoms with Crippen molar-refractivity contribution in [3.05, 3.63) is 54.1 Å². The molecule has 3 rings (SSSR count). The third kappa shape index (κ3) is 4.20. The zero-order chi connectivity index (χ0) is 16.1. The van der Waals surface area contributed by atoms with Gasteiger partial charge in [0.2, 0.25) is 5.91 Å². The van der Waals surface area contributed by atoms with E-state index in [1.807, 2.05) is 55.5 Å². The first-order valence-electron chi connectivity index (χ1n) is 7.59. The third-order valence-corrected chi connectivity index (χ3v) is 4.55. The van der Waals surface area contributed by atoms with E-state index in [-0.39, 0.29) is 11.9 Å². The van der Waals surface area contributed by atoms with E-state index < -0.39 is 0 Å². The molecule has 1 aliphatic heterocycles. The largest absolute Gasteiger partial charge is 0.486 e. The summed E-state index contributed by atoms with van der Waals surface area (Å²) in [5, 5.41) is 3.01. The van der Waals surface area contributed by atoms with Gasteiger partial charge in [0.25, 0.3) is 0 Å². The Morgan fingerprint density at radius 3 is 2.65 bits per heavy atom. The monoisotopic (exact) mass is 329 g/mol. The maximum absolute atomic E-state index is 12.1. The Hall–Kier alpha value is -2.14. The number of carbonyl (C=O) groups excluding carboxylic acids is 1. The van der Waals surface area contributed by atoms with Gasteiger partial charge in [-0.05, 0) is 30.7 Å². The van der Waals surface area contributed by atoms with Gasteiger partial charge in [-0.25, -0.2) is 0 Å². The summed E-state index contributed by atoms with van der Waals surface area (Å²) >= 11 is 1.49. The van der Waals surface area contributed by atoms with Crippen molar-refractivity contribution in [1.29, 1.82) is 0 Å². The molecule has 1 atom stereocenters. The lowest BCUT2D eigenvalue weighted by atomic mass is 10.1. The molecule has 0 radical (unpaired) electrons. The predicted octanol–water partition coefficient (Wildman–Crippen LogP) is 3.43. The van der Waals surface area contributed by atoms with E-state index >= 15 is 0 Å². The van der Waals surface area contributed by atoms with E-state index in [4.69, 9.17) is 9.47 Å². The summed E-state index contributed by atoms with van der Waals surface area (Å²) in [6.45, 7) is 3.14. The Morgan fingerprint density at radius 1 is 1.13 bits per heavy atom. The second kappa shape index (κ2) is 7.42. The minimum Gasteiger partial charge on any atom is -0.486 e. The Balaban J connectivity index is 1.53. The summed E-state index contributed by atoms with van der Waals surface area (Å²) in [5.74, 6) is 1.90. The number of amides is 1.